The van der Waals surface area contributed by atoms with Gasteiger partial charge in [0.25, 0.3) is 0 Å². The van der Waals surface area contributed by atoms with Crippen LogP contribution in [0.2, 0.25) is 0 Å². The van der Waals surface area contributed by atoms with Gasteiger partial charge < -0.3 is 5.73 Å². The molecular weight excluding hydrogens is 244 g/mol. The Labute approximate surface area is 121 Å². The van der Waals surface area contributed by atoms with Crippen molar-refractivity contribution in [1.29, 1.82) is 0 Å². The van der Waals surface area contributed by atoms with Gasteiger partial charge in [-0.3, -0.25) is 4.98 Å². The van der Waals surface area contributed by atoms with Crippen LogP contribution in [0.4, 0.5) is 0 Å². The van der Waals surface area contributed by atoms with Crippen molar-refractivity contribution in [3.63, 3.8) is 0 Å². The van der Waals surface area contributed by atoms with Crippen molar-refractivity contribution >= 4 is 0 Å². The lowest BCUT2D eigenvalue weighted by Gasteiger charge is -2.35. The molecule has 0 radical (unpaired) electrons. The quantitative estimate of drug-likeness (QED) is 0.914. The molecule has 104 valence electrons. The lowest BCUT2D eigenvalue weighted by atomic mass is 9.71. The zero-order valence-electron chi connectivity index (χ0n) is 11.9. The van der Waals surface area contributed by atoms with E-state index < -0.39 is 0 Å². The molecule has 1 aromatic heterocycles. The average Bonchev–Trinajstić information content (AvgIpc) is 2.56. The van der Waals surface area contributed by atoms with Gasteiger partial charge in [-0.05, 0) is 25.0 Å². The maximum Gasteiger partial charge on any atom is 0.0705 e. The second kappa shape index (κ2) is 5.76. The molecule has 1 saturated carbocycles. The van der Waals surface area contributed by atoms with Crippen LogP contribution in [0.3, 0.4) is 0 Å². The van der Waals surface area contributed by atoms with Gasteiger partial charge in [-0.15, -0.1) is 0 Å². The summed E-state index contributed by atoms with van der Waals surface area (Å²) in [5, 5.41) is 0. The van der Waals surface area contributed by atoms with Gasteiger partial charge in [-0.1, -0.05) is 55.7 Å². The number of hydrogen-bond donors (Lipinski definition) is 1. The van der Waals surface area contributed by atoms with E-state index in [-0.39, 0.29) is 5.41 Å². The van der Waals surface area contributed by atoms with E-state index in [1.54, 1.807) is 0 Å². The summed E-state index contributed by atoms with van der Waals surface area (Å²) in [6, 6.07) is 16.7. The van der Waals surface area contributed by atoms with Crippen molar-refractivity contribution in [3.8, 4) is 11.3 Å². The minimum Gasteiger partial charge on any atom is -0.330 e. The number of benzene rings is 1. The molecule has 0 aliphatic heterocycles. The van der Waals surface area contributed by atoms with Gasteiger partial charge in [-0.2, -0.15) is 0 Å². The molecule has 0 amide bonds. The number of rotatable bonds is 3. The van der Waals surface area contributed by atoms with Gasteiger partial charge in [0.1, 0.15) is 0 Å². The monoisotopic (exact) mass is 266 g/mol. The number of nitrogens with zero attached hydrogens (tertiary/aromatic N) is 1. The number of pyridine rings is 1. The molecule has 1 heterocycles. The molecule has 2 N–H and O–H groups in total. The Hall–Kier alpha value is -1.67. The maximum absolute atomic E-state index is 6.12. The normalized spacial score (nSPS) is 17.9. The second-order valence-electron chi connectivity index (χ2n) is 5.82. The summed E-state index contributed by atoms with van der Waals surface area (Å²) in [7, 11) is 0. The fourth-order valence-electron chi connectivity index (χ4n) is 3.29. The Morgan fingerprint density at radius 1 is 0.900 bits per heavy atom. The van der Waals surface area contributed by atoms with Crippen molar-refractivity contribution in [2.24, 2.45) is 5.73 Å². The van der Waals surface area contributed by atoms with Crippen LogP contribution in [0.5, 0.6) is 0 Å². The predicted molar refractivity (Wildman–Crippen MR) is 83.5 cm³/mol. The van der Waals surface area contributed by atoms with Crippen LogP contribution in [-0.4, -0.2) is 11.5 Å². The SMILES string of the molecule is NCC1(c2cccc(-c3ccccc3)n2)CCCCC1. The van der Waals surface area contributed by atoms with E-state index in [1.807, 2.05) is 6.07 Å². The standard InChI is InChI=1S/C18H22N2/c19-14-18(12-5-2-6-13-18)17-11-7-10-16(20-17)15-8-3-1-4-9-15/h1,3-4,7-11H,2,5-6,12-14,19H2. The molecule has 2 aromatic rings. The molecule has 0 bridgehead atoms. The number of nitrogens with two attached hydrogens (primary N) is 1. The average molecular weight is 266 g/mol. The van der Waals surface area contributed by atoms with Crippen molar-refractivity contribution < 1.29 is 0 Å². The first-order valence-corrected chi connectivity index (χ1v) is 7.57. The van der Waals surface area contributed by atoms with Crippen molar-refractivity contribution in [3.05, 3.63) is 54.2 Å². The van der Waals surface area contributed by atoms with Crippen LogP contribution >= 0.6 is 0 Å². The van der Waals surface area contributed by atoms with Gasteiger partial charge in [0, 0.05) is 23.2 Å². The van der Waals surface area contributed by atoms with Gasteiger partial charge in [0.05, 0.1) is 5.69 Å². The molecule has 1 aromatic carbocycles. The van der Waals surface area contributed by atoms with Crippen LogP contribution in [0, 0.1) is 0 Å². The molecular formula is C18H22N2. The summed E-state index contributed by atoms with van der Waals surface area (Å²) in [4.78, 5) is 4.93. The molecule has 0 unspecified atom stereocenters. The fraction of sp³-hybridized carbons (Fsp3) is 0.389. The van der Waals surface area contributed by atoms with Crippen LogP contribution < -0.4 is 5.73 Å². The smallest absolute Gasteiger partial charge is 0.0705 e. The van der Waals surface area contributed by atoms with E-state index in [0.29, 0.717) is 6.54 Å². The Balaban J connectivity index is 1.98. The van der Waals surface area contributed by atoms with Gasteiger partial charge in [-0.25, -0.2) is 0 Å². The van der Waals surface area contributed by atoms with E-state index in [0.717, 1.165) is 5.69 Å². The second-order valence-corrected chi connectivity index (χ2v) is 5.82. The highest BCUT2D eigenvalue weighted by Crippen LogP contribution is 2.38. The summed E-state index contributed by atoms with van der Waals surface area (Å²) in [6.07, 6.45) is 6.23. The third-order valence-electron chi connectivity index (χ3n) is 4.56. The zero-order valence-corrected chi connectivity index (χ0v) is 11.9. The molecule has 20 heavy (non-hydrogen) atoms. The first-order chi connectivity index (χ1) is 9.84. The van der Waals surface area contributed by atoms with E-state index in [4.69, 9.17) is 10.7 Å². The van der Waals surface area contributed by atoms with E-state index in [2.05, 4.69) is 42.5 Å². The largest absolute Gasteiger partial charge is 0.330 e. The third kappa shape index (κ3) is 2.48. The third-order valence-corrected chi connectivity index (χ3v) is 4.56. The highest BCUT2D eigenvalue weighted by Gasteiger charge is 2.33. The van der Waals surface area contributed by atoms with E-state index in [9.17, 15) is 0 Å². The molecule has 2 nitrogen and oxygen atoms in total. The zero-order chi connectivity index (χ0) is 13.8. The molecule has 2 heteroatoms. The summed E-state index contributed by atoms with van der Waals surface area (Å²) < 4.78 is 0. The summed E-state index contributed by atoms with van der Waals surface area (Å²) in [6.45, 7) is 0.707. The highest BCUT2D eigenvalue weighted by atomic mass is 14.8. The number of aromatic nitrogens is 1. The Morgan fingerprint density at radius 3 is 2.35 bits per heavy atom. The molecule has 0 atom stereocenters. The fourth-order valence-corrected chi connectivity index (χ4v) is 3.29. The Kier molecular flexibility index (Phi) is 3.83. The first kappa shape index (κ1) is 13.3. The van der Waals surface area contributed by atoms with Crippen LogP contribution in [0.15, 0.2) is 48.5 Å². The van der Waals surface area contributed by atoms with Gasteiger partial charge in [0.15, 0.2) is 0 Å². The van der Waals surface area contributed by atoms with Gasteiger partial charge in [0.2, 0.25) is 0 Å². The van der Waals surface area contributed by atoms with Crippen LogP contribution in [-0.2, 0) is 5.41 Å². The summed E-state index contributed by atoms with van der Waals surface area (Å²) in [5.41, 5.74) is 9.64. The topological polar surface area (TPSA) is 38.9 Å². The summed E-state index contributed by atoms with van der Waals surface area (Å²) in [5.74, 6) is 0. The molecule has 1 fully saturated rings. The molecule has 3 rings (SSSR count). The summed E-state index contributed by atoms with van der Waals surface area (Å²) >= 11 is 0. The minimum absolute atomic E-state index is 0.100. The van der Waals surface area contributed by atoms with Crippen LogP contribution in [0.25, 0.3) is 11.3 Å². The molecule has 1 aliphatic rings. The highest BCUT2D eigenvalue weighted by molar-refractivity contribution is 5.59. The lowest BCUT2D eigenvalue weighted by molar-refractivity contribution is 0.294. The van der Waals surface area contributed by atoms with Crippen molar-refractivity contribution in [2.45, 2.75) is 37.5 Å². The maximum atomic E-state index is 6.12. The first-order valence-electron chi connectivity index (χ1n) is 7.57. The van der Waals surface area contributed by atoms with Crippen LogP contribution in [0.1, 0.15) is 37.8 Å². The van der Waals surface area contributed by atoms with Crippen molar-refractivity contribution in [1.82, 2.24) is 4.98 Å². The Bertz CT molecular complexity index is 557. The van der Waals surface area contributed by atoms with E-state index >= 15 is 0 Å². The predicted octanol–water partition coefficient (Wildman–Crippen LogP) is 3.91. The number of hydrogen-bond acceptors (Lipinski definition) is 2. The van der Waals surface area contributed by atoms with Crippen molar-refractivity contribution in [2.75, 3.05) is 6.54 Å². The van der Waals surface area contributed by atoms with E-state index in [1.165, 1.54) is 43.4 Å². The minimum atomic E-state index is 0.100. The molecule has 0 spiro atoms. The lowest BCUT2D eigenvalue weighted by Crippen LogP contribution is -2.38. The Morgan fingerprint density at radius 2 is 1.65 bits per heavy atom. The molecule has 1 aliphatic carbocycles. The van der Waals surface area contributed by atoms with Gasteiger partial charge >= 0.3 is 0 Å². The molecule has 0 saturated heterocycles.